The summed E-state index contributed by atoms with van der Waals surface area (Å²) in [4.78, 5) is 24.4. The van der Waals surface area contributed by atoms with Crippen LogP contribution < -0.4 is 4.90 Å². The number of carbonyl (C=O) groups is 1. The summed E-state index contributed by atoms with van der Waals surface area (Å²) in [6, 6.07) is 16.3. The average Bonchev–Trinajstić information content (AvgIpc) is 3.08. The van der Waals surface area contributed by atoms with Crippen molar-refractivity contribution in [2.45, 2.75) is 13.5 Å². The number of aromatic hydroxyl groups is 1. The SMILES string of the molecule is Cc1c(C(=O)OCc2ccccc2)sc2nc(Cl)nc(N(C)c3ccc(O)cc3)c12. The van der Waals surface area contributed by atoms with E-state index in [-0.39, 0.29) is 17.6 Å². The number of esters is 1. The molecule has 0 aliphatic carbocycles. The Morgan fingerprint density at radius 1 is 1.13 bits per heavy atom. The normalized spacial score (nSPS) is 10.9. The third-order valence-electron chi connectivity index (χ3n) is 4.70. The number of aromatic nitrogens is 2. The van der Waals surface area contributed by atoms with E-state index in [1.165, 1.54) is 11.3 Å². The highest BCUT2D eigenvalue weighted by atomic mass is 35.5. The molecule has 1 N–H and O–H groups in total. The molecule has 4 rings (SSSR count). The van der Waals surface area contributed by atoms with Crippen molar-refractivity contribution in [2.75, 3.05) is 11.9 Å². The van der Waals surface area contributed by atoms with Crippen molar-refractivity contribution in [2.24, 2.45) is 0 Å². The van der Waals surface area contributed by atoms with Crippen LogP contribution in [0.15, 0.2) is 54.6 Å². The number of benzene rings is 2. The molecule has 0 amide bonds. The molecule has 0 aliphatic rings. The number of rotatable bonds is 5. The van der Waals surface area contributed by atoms with Crippen molar-refractivity contribution >= 4 is 50.6 Å². The van der Waals surface area contributed by atoms with Crippen molar-refractivity contribution in [1.82, 2.24) is 9.97 Å². The van der Waals surface area contributed by atoms with Crippen LogP contribution in [0.4, 0.5) is 11.5 Å². The lowest BCUT2D eigenvalue weighted by atomic mass is 10.2. The van der Waals surface area contributed by atoms with Crippen LogP contribution in [0, 0.1) is 6.92 Å². The van der Waals surface area contributed by atoms with Gasteiger partial charge in [-0.25, -0.2) is 9.78 Å². The molecule has 0 saturated carbocycles. The molecule has 2 aromatic heterocycles. The fourth-order valence-corrected chi connectivity index (χ4v) is 4.40. The number of ether oxygens (including phenoxy) is 1. The standard InChI is InChI=1S/C22H18ClN3O3S/c1-13-17-19(26(2)15-8-10-16(27)11-9-15)24-22(23)25-20(17)30-18(13)21(28)29-12-14-6-4-3-5-7-14/h3-11,27H,12H2,1-2H3. The van der Waals surface area contributed by atoms with E-state index in [0.717, 1.165) is 22.2 Å². The Kier molecular flexibility index (Phi) is 5.57. The number of hydrogen-bond acceptors (Lipinski definition) is 7. The maximum Gasteiger partial charge on any atom is 0.349 e. The molecule has 0 aliphatic heterocycles. The van der Waals surface area contributed by atoms with Gasteiger partial charge in [-0.1, -0.05) is 30.3 Å². The minimum Gasteiger partial charge on any atom is -0.508 e. The van der Waals surface area contributed by atoms with Crippen LogP contribution in [-0.4, -0.2) is 28.1 Å². The first-order valence-electron chi connectivity index (χ1n) is 9.14. The van der Waals surface area contributed by atoms with Crippen LogP contribution in [0.25, 0.3) is 10.2 Å². The van der Waals surface area contributed by atoms with Gasteiger partial charge >= 0.3 is 5.97 Å². The molecule has 0 bridgehead atoms. The smallest absolute Gasteiger partial charge is 0.349 e. The predicted molar refractivity (Wildman–Crippen MR) is 119 cm³/mol. The van der Waals surface area contributed by atoms with Gasteiger partial charge in [-0.05, 0) is 53.9 Å². The number of phenols is 1. The summed E-state index contributed by atoms with van der Waals surface area (Å²) in [5.41, 5.74) is 2.47. The van der Waals surface area contributed by atoms with Gasteiger partial charge in [0.2, 0.25) is 5.28 Å². The highest BCUT2D eigenvalue weighted by molar-refractivity contribution is 7.20. The second-order valence-corrected chi connectivity index (χ2v) is 8.03. The van der Waals surface area contributed by atoms with Crippen LogP contribution in [-0.2, 0) is 11.3 Å². The van der Waals surface area contributed by atoms with Crippen LogP contribution in [0.5, 0.6) is 5.75 Å². The van der Waals surface area contributed by atoms with E-state index in [1.54, 1.807) is 24.3 Å². The molecule has 0 spiro atoms. The van der Waals surface area contributed by atoms with Crippen LogP contribution in [0.1, 0.15) is 20.8 Å². The summed E-state index contributed by atoms with van der Waals surface area (Å²) < 4.78 is 5.50. The first kappa shape index (κ1) is 20.1. The first-order valence-corrected chi connectivity index (χ1v) is 10.3. The highest BCUT2D eigenvalue weighted by Crippen LogP contribution is 2.38. The summed E-state index contributed by atoms with van der Waals surface area (Å²) in [5, 5.41) is 10.4. The van der Waals surface area contributed by atoms with Crippen LogP contribution in [0.2, 0.25) is 5.28 Å². The van der Waals surface area contributed by atoms with Crippen LogP contribution >= 0.6 is 22.9 Å². The van der Waals surface area contributed by atoms with Gasteiger partial charge in [0.15, 0.2) is 0 Å². The fourth-order valence-electron chi connectivity index (χ4n) is 3.12. The molecule has 0 atom stereocenters. The number of anilines is 2. The first-order chi connectivity index (χ1) is 14.4. The molecule has 6 nitrogen and oxygen atoms in total. The Labute approximate surface area is 182 Å². The molecule has 2 heterocycles. The average molecular weight is 440 g/mol. The Morgan fingerprint density at radius 3 is 2.53 bits per heavy atom. The molecular weight excluding hydrogens is 422 g/mol. The quantitative estimate of drug-likeness (QED) is 0.327. The van der Waals surface area contributed by atoms with Crippen molar-refractivity contribution < 1.29 is 14.6 Å². The van der Waals surface area contributed by atoms with Crippen molar-refractivity contribution in [1.29, 1.82) is 0 Å². The van der Waals surface area contributed by atoms with E-state index < -0.39 is 5.97 Å². The molecule has 0 radical (unpaired) electrons. The van der Waals surface area contributed by atoms with Gasteiger partial charge in [0.05, 0.1) is 5.39 Å². The monoisotopic (exact) mass is 439 g/mol. The third kappa shape index (κ3) is 3.94. The molecule has 2 aromatic carbocycles. The van der Waals surface area contributed by atoms with E-state index in [4.69, 9.17) is 16.3 Å². The summed E-state index contributed by atoms with van der Waals surface area (Å²) >= 11 is 7.40. The maximum atomic E-state index is 12.7. The van der Waals surface area contributed by atoms with E-state index in [0.29, 0.717) is 15.5 Å². The van der Waals surface area contributed by atoms with Crippen molar-refractivity contribution in [3.05, 3.63) is 75.9 Å². The lowest BCUT2D eigenvalue weighted by Gasteiger charge is -2.19. The number of carbonyl (C=O) groups excluding carboxylic acids is 1. The zero-order valence-corrected chi connectivity index (χ0v) is 17.9. The summed E-state index contributed by atoms with van der Waals surface area (Å²) in [6.07, 6.45) is 0. The van der Waals surface area contributed by atoms with E-state index in [2.05, 4.69) is 9.97 Å². The summed E-state index contributed by atoms with van der Waals surface area (Å²) in [7, 11) is 1.84. The summed E-state index contributed by atoms with van der Waals surface area (Å²) in [5.74, 6) is 0.341. The van der Waals surface area contributed by atoms with Gasteiger partial charge in [-0.15, -0.1) is 11.3 Å². The molecule has 0 saturated heterocycles. The second kappa shape index (κ2) is 8.30. The highest BCUT2D eigenvalue weighted by Gasteiger charge is 2.23. The van der Waals surface area contributed by atoms with Gasteiger partial charge < -0.3 is 14.7 Å². The predicted octanol–water partition coefficient (Wildman–Crippen LogP) is 5.48. The molecule has 0 fully saturated rings. The van der Waals surface area contributed by atoms with Gasteiger partial charge in [-0.2, -0.15) is 4.98 Å². The minimum atomic E-state index is -0.409. The number of phenolic OH excluding ortho intramolecular Hbond substituents is 1. The largest absolute Gasteiger partial charge is 0.508 e. The van der Waals surface area contributed by atoms with Gasteiger partial charge in [0, 0.05) is 12.7 Å². The number of nitrogens with zero attached hydrogens (tertiary/aromatic N) is 3. The van der Waals surface area contributed by atoms with E-state index in [1.807, 2.05) is 49.2 Å². The van der Waals surface area contributed by atoms with Gasteiger partial charge in [-0.3, -0.25) is 0 Å². The molecule has 152 valence electrons. The Bertz CT molecular complexity index is 1210. The molecule has 0 unspecified atom stereocenters. The number of halogens is 1. The van der Waals surface area contributed by atoms with Gasteiger partial charge in [0.25, 0.3) is 0 Å². The molecule has 8 heteroatoms. The summed E-state index contributed by atoms with van der Waals surface area (Å²) in [6.45, 7) is 2.05. The third-order valence-corrected chi connectivity index (χ3v) is 6.03. The number of aryl methyl sites for hydroxylation is 1. The lowest BCUT2D eigenvalue weighted by molar-refractivity contribution is 0.0478. The Hall–Kier alpha value is -3.16. The number of thiophene rings is 1. The number of fused-ring (bicyclic) bond motifs is 1. The van der Waals surface area contributed by atoms with Crippen molar-refractivity contribution in [3.8, 4) is 5.75 Å². The topological polar surface area (TPSA) is 75.5 Å². The molecule has 30 heavy (non-hydrogen) atoms. The maximum absolute atomic E-state index is 12.7. The van der Waals surface area contributed by atoms with Crippen molar-refractivity contribution in [3.63, 3.8) is 0 Å². The van der Waals surface area contributed by atoms with Crippen LogP contribution in [0.3, 0.4) is 0 Å². The Morgan fingerprint density at radius 2 is 1.83 bits per heavy atom. The molecule has 4 aromatic rings. The zero-order valence-electron chi connectivity index (χ0n) is 16.3. The second-order valence-electron chi connectivity index (χ2n) is 6.69. The fraction of sp³-hybridized carbons (Fsp3) is 0.136. The molecular formula is C22H18ClN3O3S. The van der Waals surface area contributed by atoms with E-state index in [9.17, 15) is 9.90 Å². The lowest BCUT2D eigenvalue weighted by Crippen LogP contribution is -2.12. The van der Waals surface area contributed by atoms with E-state index >= 15 is 0 Å². The number of hydrogen-bond donors (Lipinski definition) is 1. The minimum absolute atomic E-state index is 0.0913. The van der Waals surface area contributed by atoms with Gasteiger partial charge in [0.1, 0.15) is 27.9 Å². The Balaban J connectivity index is 1.70. The zero-order chi connectivity index (χ0) is 21.3.